The molecule has 0 spiro atoms. The van der Waals surface area contributed by atoms with Gasteiger partial charge < -0.3 is 11.1 Å². The summed E-state index contributed by atoms with van der Waals surface area (Å²) in [5.74, 6) is -0.890. The van der Waals surface area contributed by atoms with Crippen molar-refractivity contribution >= 4 is 29.4 Å². The van der Waals surface area contributed by atoms with E-state index in [0.717, 1.165) is 24.6 Å². The smallest absolute Gasteiger partial charge is 0.321 e. The minimum absolute atomic E-state index is 0.0431. The number of nitrogens with one attached hydrogen (secondary N) is 2. The van der Waals surface area contributed by atoms with Crippen molar-refractivity contribution in [2.75, 3.05) is 11.5 Å². The van der Waals surface area contributed by atoms with Crippen molar-refractivity contribution in [3.8, 4) is 0 Å². The summed E-state index contributed by atoms with van der Waals surface area (Å²) >= 11 is 1.14. The lowest BCUT2D eigenvalue weighted by molar-refractivity contribution is -0.117. The molecule has 19 heavy (non-hydrogen) atoms. The summed E-state index contributed by atoms with van der Waals surface area (Å²) in [5, 5.41) is 4.86. The molecule has 1 aromatic rings. The molecule has 7 heteroatoms. The molecule has 1 aromatic carbocycles. The van der Waals surface area contributed by atoms with Gasteiger partial charge in [0.2, 0.25) is 5.91 Å². The van der Waals surface area contributed by atoms with Crippen molar-refractivity contribution in [3.05, 3.63) is 24.0 Å². The number of halogens is 1. The highest BCUT2D eigenvalue weighted by Crippen LogP contribution is 2.21. The van der Waals surface area contributed by atoms with Crippen LogP contribution in [0.25, 0.3) is 0 Å². The van der Waals surface area contributed by atoms with Gasteiger partial charge in [0.25, 0.3) is 0 Å². The molecule has 0 radical (unpaired) electrons. The standard InChI is InChI=1S/C12H14FN3O2S/c13-9-5-8(3-4-10(9)14)19-6-11(17)16-12(18)15-7-1-2-7/h3-5,7H,1-2,6,14H2,(H2,15,16,17,18). The van der Waals surface area contributed by atoms with Crippen LogP contribution in [-0.2, 0) is 4.79 Å². The number of hydrogen-bond acceptors (Lipinski definition) is 4. The zero-order valence-electron chi connectivity index (χ0n) is 10.1. The summed E-state index contributed by atoms with van der Waals surface area (Å²) < 4.78 is 13.2. The van der Waals surface area contributed by atoms with E-state index in [4.69, 9.17) is 5.73 Å². The number of imide groups is 1. The van der Waals surface area contributed by atoms with Crippen molar-refractivity contribution in [2.24, 2.45) is 0 Å². The van der Waals surface area contributed by atoms with E-state index in [1.807, 2.05) is 0 Å². The van der Waals surface area contributed by atoms with E-state index < -0.39 is 17.8 Å². The second-order valence-electron chi connectivity index (χ2n) is 4.27. The fourth-order valence-electron chi connectivity index (χ4n) is 1.36. The highest BCUT2D eigenvalue weighted by molar-refractivity contribution is 8.00. The number of hydrogen-bond donors (Lipinski definition) is 3. The Labute approximate surface area is 114 Å². The van der Waals surface area contributed by atoms with Gasteiger partial charge in [-0.3, -0.25) is 10.1 Å². The van der Waals surface area contributed by atoms with Crippen molar-refractivity contribution < 1.29 is 14.0 Å². The lowest BCUT2D eigenvalue weighted by Crippen LogP contribution is -2.41. The molecule has 0 aromatic heterocycles. The summed E-state index contributed by atoms with van der Waals surface area (Å²) in [5.41, 5.74) is 5.41. The van der Waals surface area contributed by atoms with Crippen LogP contribution in [0.5, 0.6) is 0 Å². The molecular weight excluding hydrogens is 269 g/mol. The zero-order valence-corrected chi connectivity index (χ0v) is 10.9. The molecular formula is C12H14FN3O2S. The van der Waals surface area contributed by atoms with E-state index in [-0.39, 0.29) is 17.5 Å². The van der Waals surface area contributed by atoms with Crippen molar-refractivity contribution in [1.29, 1.82) is 0 Å². The Hall–Kier alpha value is -1.76. The van der Waals surface area contributed by atoms with Crippen molar-refractivity contribution in [2.45, 2.75) is 23.8 Å². The fraction of sp³-hybridized carbons (Fsp3) is 0.333. The van der Waals surface area contributed by atoms with Gasteiger partial charge in [0.05, 0.1) is 11.4 Å². The third-order valence-corrected chi connectivity index (χ3v) is 3.50. The lowest BCUT2D eigenvalue weighted by Gasteiger charge is -2.05. The van der Waals surface area contributed by atoms with Crippen LogP contribution in [-0.4, -0.2) is 23.7 Å². The lowest BCUT2D eigenvalue weighted by atomic mass is 10.3. The Morgan fingerprint density at radius 1 is 1.42 bits per heavy atom. The molecule has 0 aliphatic heterocycles. The first-order valence-corrected chi connectivity index (χ1v) is 6.81. The monoisotopic (exact) mass is 283 g/mol. The minimum atomic E-state index is -0.517. The molecule has 0 unspecified atom stereocenters. The molecule has 1 saturated carbocycles. The first kappa shape index (κ1) is 13.7. The number of carbonyl (C=O) groups excluding carboxylic acids is 2. The van der Waals surface area contributed by atoms with Crippen molar-refractivity contribution in [1.82, 2.24) is 10.6 Å². The molecule has 102 valence electrons. The molecule has 3 amide bonds. The maximum atomic E-state index is 13.2. The molecule has 0 saturated heterocycles. The van der Waals surface area contributed by atoms with E-state index in [2.05, 4.69) is 10.6 Å². The Bertz CT molecular complexity index is 506. The second kappa shape index (κ2) is 5.92. The van der Waals surface area contributed by atoms with Gasteiger partial charge in [0, 0.05) is 10.9 Å². The van der Waals surface area contributed by atoms with E-state index >= 15 is 0 Å². The van der Waals surface area contributed by atoms with Crippen LogP contribution < -0.4 is 16.4 Å². The van der Waals surface area contributed by atoms with E-state index in [0.29, 0.717) is 4.90 Å². The molecule has 0 bridgehead atoms. The topological polar surface area (TPSA) is 84.2 Å². The molecule has 5 nitrogen and oxygen atoms in total. The molecule has 1 fully saturated rings. The highest BCUT2D eigenvalue weighted by atomic mass is 32.2. The van der Waals surface area contributed by atoms with Crippen LogP contribution in [0.15, 0.2) is 23.1 Å². The average molecular weight is 283 g/mol. The Kier molecular flexibility index (Phi) is 4.26. The average Bonchev–Trinajstić information content (AvgIpc) is 3.14. The number of thioether (sulfide) groups is 1. The highest BCUT2D eigenvalue weighted by Gasteiger charge is 2.23. The number of nitrogen functional groups attached to an aromatic ring is 1. The summed E-state index contributed by atoms with van der Waals surface area (Å²) in [6, 6.07) is 4.05. The Morgan fingerprint density at radius 3 is 2.79 bits per heavy atom. The summed E-state index contributed by atoms with van der Waals surface area (Å²) in [6.07, 6.45) is 1.92. The van der Waals surface area contributed by atoms with Gasteiger partial charge in [-0.1, -0.05) is 0 Å². The number of rotatable bonds is 4. The van der Waals surface area contributed by atoms with Gasteiger partial charge in [-0.05, 0) is 31.0 Å². The third-order valence-electron chi connectivity index (χ3n) is 2.51. The largest absolute Gasteiger partial charge is 0.396 e. The zero-order chi connectivity index (χ0) is 13.8. The third kappa shape index (κ3) is 4.44. The van der Waals surface area contributed by atoms with Crippen LogP contribution in [0.4, 0.5) is 14.9 Å². The Balaban J connectivity index is 1.75. The maximum Gasteiger partial charge on any atom is 0.321 e. The molecule has 1 aliphatic rings. The molecule has 2 rings (SSSR count). The Morgan fingerprint density at radius 2 is 2.16 bits per heavy atom. The first-order valence-electron chi connectivity index (χ1n) is 5.83. The molecule has 4 N–H and O–H groups in total. The van der Waals surface area contributed by atoms with Gasteiger partial charge in [0.15, 0.2) is 0 Å². The van der Waals surface area contributed by atoms with Gasteiger partial charge in [-0.2, -0.15) is 0 Å². The SMILES string of the molecule is Nc1ccc(SCC(=O)NC(=O)NC2CC2)cc1F. The summed E-state index contributed by atoms with van der Waals surface area (Å²) in [7, 11) is 0. The van der Waals surface area contributed by atoms with Gasteiger partial charge in [-0.15, -0.1) is 11.8 Å². The number of anilines is 1. The molecule has 0 atom stereocenters. The van der Waals surface area contributed by atoms with Crippen LogP contribution in [0.2, 0.25) is 0 Å². The fourth-order valence-corrected chi connectivity index (χ4v) is 2.08. The van der Waals surface area contributed by atoms with Gasteiger partial charge in [-0.25, -0.2) is 9.18 Å². The van der Waals surface area contributed by atoms with Gasteiger partial charge >= 0.3 is 6.03 Å². The predicted octanol–water partition coefficient (Wildman–Crippen LogP) is 1.49. The quantitative estimate of drug-likeness (QED) is 0.577. The normalized spacial score (nSPS) is 13.9. The van der Waals surface area contributed by atoms with Crippen LogP contribution >= 0.6 is 11.8 Å². The molecule has 0 heterocycles. The second-order valence-corrected chi connectivity index (χ2v) is 5.32. The van der Waals surface area contributed by atoms with Gasteiger partial charge in [0.1, 0.15) is 5.82 Å². The van der Waals surface area contributed by atoms with Crippen LogP contribution in [0, 0.1) is 5.82 Å². The number of urea groups is 1. The molecule has 1 aliphatic carbocycles. The number of carbonyl (C=O) groups is 2. The maximum absolute atomic E-state index is 13.2. The first-order chi connectivity index (χ1) is 9.04. The number of nitrogens with two attached hydrogens (primary N) is 1. The van der Waals surface area contributed by atoms with Crippen LogP contribution in [0.3, 0.4) is 0 Å². The van der Waals surface area contributed by atoms with E-state index in [1.54, 1.807) is 6.07 Å². The number of amides is 3. The van der Waals surface area contributed by atoms with E-state index in [9.17, 15) is 14.0 Å². The van der Waals surface area contributed by atoms with Crippen LogP contribution in [0.1, 0.15) is 12.8 Å². The summed E-state index contributed by atoms with van der Waals surface area (Å²) in [6.45, 7) is 0. The van der Waals surface area contributed by atoms with E-state index in [1.165, 1.54) is 12.1 Å². The minimum Gasteiger partial charge on any atom is -0.396 e. The number of benzene rings is 1. The van der Waals surface area contributed by atoms with Crippen molar-refractivity contribution in [3.63, 3.8) is 0 Å². The summed E-state index contributed by atoms with van der Waals surface area (Å²) in [4.78, 5) is 23.3. The predicted molar refractivity (Wildman–Crippen MR) is 71.2 cm³/mol.